The molecule has 0 saturated heterocycles. The second-order valence-electron chi connectivity index (χ2n) is 7.92. The number of ether oxygens (including phenoxy) is 3. The predicted molar refractivity (Wildman–Crippen MR) is 135 cm³/mol. The molecule has 0 unspecified atom stereocenters. The Morgan fingerprint density at radius 1 is 0.914 bits per heavy atom. The highest BCUT2D eigenvalue weighted by Gasteiger charge is 2.28. The van der Waals surface area contributed by atoms with Gasteiger partial charge in [-0.25, -0.2) is 8.42 Å². The number of carbonyl (C=O) groups is 1. The Kier molecular flexibility index (Phi) is 8.24. The topological polar surface area (TPSA) is 94.2 Å². The second-order valence-corrected chi connectivity index (χ2v) is 9.79. The van der Waals surface area contributed by atoms with Gasteiger partial charge in [-0.05, 0) is 56.3 Å². The van der Waals surface area contributed by atoms with E-state index < -0.39 is 28.5 Å². The van der Waals surface area contributed by atoms with Gasteiger partial charge in [0.2, 0.25) is 5.91 Å². The third-order valence-corrected chi connectivity index (χ3v) is 7.31. The van der Waals surface area contributed by atoms with Crippen LogP contribution in [0.1, 0.15) is 24.1 Å². The van der Waals surface area contributed by atoms with E-state index in [2.05, 4.69) is 5.32 Å². The molecule has 35 heavy (non-hydrogen) atoms. The summed E-state index contributed by atoms with van der Waals surface area (Å²) >= 11 is 0. The van der Waals surface area contributed by atoms with Crippen LogP contribution in [-0.4, -0.2) is 42.2 Å². The van der Waals surface area contributed by atoms with E-state index in [4.69, 9.17) is 14.2 Å². The van der Waals surface area contributed by atoms with Crippen LogP contribution in [0.3, 0.4) is 0 Å². The molecule has 0 aliphatic heterocycles. The van der Waals surface area contributed by atoms with E-state index in [1.807, 2.05) is 6.92 Å². The van der Waals surface area contributed by atoms with Crippen LogP contribution in [0.4, 0.5) is 5.69 Å². The van der Waals surface area contributed by atoms with Gasteiger partial charge in [-0.15, -0.1) is 0 Å². The molecule has 0 fully saturated rings. The van der Waals surface area contributed by atoms with Gasteiger partial charge in [-0.2, -0.15) is 0 Å². The fraction of sp³-hybridized carbons (Fsp3) is 0.269. The number of nitrogens with zero attached hydrogens (tertiary/aromatic N) is 1. The number of hydrogen-bond acceptors (Lipinski definition) is 6. The maximum absolute atomic E-state index is 13.6. The van der Waals surface area contributed by atoms with E-state index in [0.29, 0.717) is 28.5 Å². The quantitative estimate of drug-likeness (QED) is 0.452. The first-order valence-electron chi connectivity index (χ1n) is 10.9. The van der Waals surface area contributed by atoms with Crippen molar-refractivity contribution in [3.63, 3.8) is 0 Å². The van der Waals surface area contributed by atoms with Gasteiger partial charge in [0.15, 0.2) is 0 Å². The van der Waals surface area contributed by atoms with Crippen molar-refractivity contribution >= 4 is 21.6 Å². The van der Waals surface area contributed by atoms with Crippen LogP contribution >= 0.6 is 0 Å². The van der Waals surface area contributed by atoms with Crippen molar-refractivity contribution in [3.05, 3.63) is 77.9 Å². The number of amides is 1. The Hall–Kier alpha value is -3.72. The normalized spacial score (nSPS) is 11.9. The molecule has 1 amide bonds. The zero-order chi connectivity index (χ0) is 25.6. The van der Waals surface area contributed by atoms with Gasteiger partial charge in [0.1, 0.15) is 23.8 Å². The van der Waals surface area contributed by atoms with Crippen molar-refractivity contribution < 1.29 is 27.4 Å². The van der Waals surface area contributed by atoms with Gasteiger partial charge in [-0.1, -0.05) is 23.8 Å². The van der Waals surface area contributed by atoms with Gasteiger partial charge in [0.05, 0.1) is 38.0 Å². The van der Waals surface area contributed by atoms with E-state index >= 15 is 0 Å². The lowest BCUT2D eigenvalue weighted by atomic mass is 10.1. The maximum Gasteiger partial charge on any atom is 0.264 e. The lowest BCUT2D eigenvalue weighted by Gasteiger charge is -2.26. The molecule has 9 heteroatoms. The van der Waals surface area contributed by atoms with Gasteiger partial charge in [0.25, 0.3) is 10.0 Å². The minimum atomic E-state index is -4.04. The molecule has 0 bridgehead atoms. The van der Waals surface area contributed by atoms with E-state index in [0.717, 1.165) is 9.87 Å². The molecule has 0 radical (unpaired) electrons. The Morgan fingerprint density at radius 3 is 2.20 bits per heavy atom. The lowest BCUT2D eigenvalue weighted by Crippen LogP contribution is -2.41. The SMILES string of the molecule is COc1cccc(N(CC(=O)N[C@@H](C)c2cc(OC)ccc2OC)S(=O)(=O)c2ccc(C)cc2)c1. The fourth-order valence-corrected chi connectivity index (χ4v) is 5.00. The van der Waals surface area contributed by atoms with Crippen molar-refractivity contribution in [1.29, 1.82) is 0 Å². The molecule has 0 aliphatic carbocycles. The number of hydrogen-bond donors (Lipinski definition) is 1. The summed E-state index contributed by atoms with van der Waals surface area (Å²) < 4.78 is 44.2. The molecule has 1 atom stereocenters. The molecule has 0 aliphatic rings. The fourth-order valence-electron chi connectivity index (χ4n) is 3.59. The number of anilines is 1. The summed E-state index contributed by atoms with van der Waals surface area (Å²) in [4.78, 5) is 13.2. The smallest absolute Gasteiger partial charge is 0.264 e. The van der Waals surface area contributed by atoms with Gasteiger partial charge in [0, 0.05) is 11.6 Å². The molecule has 0 heterocycles. The number of benzene rings is 3. The van der Waals surface area contributed by atoms with Crippen LogP contribution in [0.5, 0.6) is 17.2 Å². The summed E-state index contributed by atoms with van der Waals surface area (Å²) in [6, 6.07) is 17.9. The predicted octanol–water partition coefficient (Wildman–Crippen LogP) is 4.09. The lowest BCUT2D eigenvalue weighted by molar-refractivity contribution is -0.120. The number of rotatable bonds is 10. The standard InChI is InChI=1S/C26H30N2O6S/c1-18-9-12-23(13-10-18)35(30,31)28(20-7-6-8-21(15-20)32-3)17-26(29)27-19(2)24-16-22(33-4)11-14-25(24)34-5/h6-16,19H,17H2,1-5H3,(H,27,29)/t19-/m0/s1. The highest BCUT2D eigenvalue weighted by Crippen LogP contribution is 2.30. The summed E-state index contributed by atoms with van der Waals surface area (Å²) in [5, 5.41) is 2.87. The van der Waals surface area contributed by atoms with Crippen LogP contribution in [-0.2, 0) is 14.8 Å². The minimum absolute atomic E-state index is 0.0845. The third kappa shape index (κ3) is 6.05. The van der Waals surface area contributed by atoms with Crippen LogP contribution in [0.15, 0.2) is 71.6 Å². The summed E-state index contributed by atoms with van der Waals surface area (Å²) in [6.45, 7) is 3.23. The number of nitrogens with one attached hydrogen (secondary N) is 1. The van der Waals surface area contributed by atoms with Crippen LogP contribution < -0.4 is 23.8 Å². The van der Waals surface area contributed by atoms with Gasteiger partial charge < -0.3 is 19.5 Å². The first-order chi connectivity index (χ1) is 16.7. The number of carbonyl (C=O) groups excluding carboxylic acids is 1. The van der Waals surface area contributed by atoms with Crippen molar-refractivity contribution in [2.24, 2.45) is 0 Å². The Bertz CT molecular complexity index is 1280. The third-order valence-electron chi connectivity index (χ3n) is 5.52. The van der Waals surface area contributed by atoms with Crippen LogP contribution in [0.2, 0.25) is 0 Å². The van der Waals surface area contributed by atoms with Gasteiger partial charge in [-0.3, -0.25) is 9.10 Å². The molecule has 3 aromatic rings. The van der Waals surface area contributed by atoms with Crippen LogP contribution in [0.25, 0.3) is 0 Å². The average Bonchev–Trinajstić information content (AvgIpc) is 2.86. The molecule has 3 aromatic carbocycles. The first-order valence-corrected chi connectivity index (χ1v) is 12.4. The number of aryl methyl sites for hydroxylation is 1. The van der Waals surface area contributed by atoms with Crippen molar-refractivity contribution in [2.45, 2.75) is 24.8 Å². The zero-order valence-electron chi connectivity index (χ0n) is 20.4. The monoisotopic (exact) mass is 498 g/mol. The highest BCUT2D eigenvalue weighted by atomic mass is 32.2. The molecular formula is C26H30N2O6S. The molecule has 0 spiro atoms. The Labute approximate surface area is 206 Å². The molecular weight excluding hydrogens is 468 g/mol. The second kappa shape index (κ2) is 11.1. The summed E-state index contributed by atoms with van der Waals surface area (Å²) in [5.74, 6) is 1.18. The maximum atomic E-state index is 13.6. The van der Waals surface area contributed by atoms with E-state index in [1.54, 1.807) is 75.7 Å². The van der Waals surface area contributed by atoms with Crippen LogP contribution in [0, 0.1) is 6.92 Å². The average molecular weight is 499 g/mol. The van der Waals surface area contributed by atoms with Crippen molar-refractivity contribution in [1.82, 2.24) is 5.32 Å². The molecule has 0 saturated carbocycles. The molecule has 3 rings (SSSR count). The van der Waals surface area contributed by atoms with E-state index in [-0.39, 0.29) is 4.90 Å². The van der Waals surface area contributed by atoms with E-state index in [1.165, 1.54) is 19.2 Å². The molecule has 0 aromatic heterocycles. The molecule has 1 N–H and O–H groups in total. The summed E-state index contributed by atoms with van der Waals surface area (Å²) in [7, 11) is 0.544. The molecule has 8 nitrogen and oxygen atoms in total. The zero-order valence-corrected chi connectivity index (χ0v) is 21.3. The Balaban J connectivity index is 1.93. The minimum Gasteiger partial charge on any atom is -0.497 e. The largest absolute Gasteiger partial charge is 0.497 e. The summed E-state index contributed by atoms with van der Waals surface area (Å²) in [6.07, 6.45) is 0. The molecule has 186 valence electrons. The van der Waals surface area contributed by atoms with Crippen molar-refractivity contribution in [3.8, 4) is 17.2 Å². The first kappa shape index (κ1) is 25.9. The van der Waals surface area contributed by atoms with E-state index in [9.17, 15) is 13.2 Å². The Morgan fingerprint density at radius 2 is 1.57 bits per heavy atom. The summed E-state index contributed by atoms with van der Waals surface area (Å²) in [5.41, 5.74) is 1.94. The van der Waals surface area contributed by atoms with Crippen molar-refractivity contribution in [2.75, 3.05) is 32.2 Å². The number of methoxy groups -OCH3 is 3. The highest BCUT2D eigenvalue weighted by molar-refractivity contribution is 7.92. The van der Waals surface area contributed by atoms with Gasteiger partial charge >= 0.3 is 0 Å². The number of sulfonamides is 1.